The summed E-state index contributed by atoms with van der Waals surface area (Å²) >= 11 is 0. The zero-order valence-electron chi connectivity index (χ0n) is 8.30. The van der Waals surface area contributed by atoms with E-state index in [2.05, 4.69) is 53.6 Å². The average Bonchev–Trinajstić information content (AvgIpc) is 2.74. The van der Waals surface area contributed by atoms with Gasteiger partial charge in [0.25, 0.3) is 0 Å². The van der Waals surface area contributed by atoms with Crippen LogP contribution < -0.4 is 0 Å². The summed E-state index contributed by atoms with van der Waals surface area (Å²) in [7, 11) is 0. The number of hydrogen-bond acceptors (Lipinski definition) is 1. The molecule has 0 radical (unpaired) electrons. The standard InChI is InChI=1S/C14H11N/c1-2-6-11(7-3-1)14-13-9-5-4-8-12(13)10-15-14/h1-10,13H. The fourth-order valence-electron chi connectivity index (χ4n) is 2.02. The molecule has 1 nitrogen and oxygen atoms in total. The Hall–Kier alpha value is -1.89. The third-order valence-electron chi connectivity index (χ3n) is 2.78. The van der Waals surface area contributed by atoms with Crippen LogP contribution in [0.5, 0.6) is 0 Å². The molecule has 0 saturated carbocycles. The summed E-state index contributed by atoms with van der Waals surface area (Å²) in [5.41, 5.74) is 3.66. The van der Waals surface area contributed by atoms with Crippen LogP contribution in [0.3, 0.4) is 0 Å². The highest BCUT2D eigenvalue weighted by Gasteiger charge is 2.22. The van der Waals surface area contributed by atoms with Gasteiger partial charge in [-0.2, -0.15) is 0 Å². The number of allylic oxidation sites excluding steroid dienone is 5. The molecule has 1 heterocycles. The van der Waals surface area contributed by atoms with E-state index in [1.165, 1.54) is 11.1 Å². The fraction of sp³-hybridized carbons (Fsp3) is 0.0714. The maximum absolute atomic E-state index is 4.50. The lowest BCUT2D eigenvalue weighted by atomic mass is 9.89. The number of hydrogen-bond donors (Lipinski definition) is 0. The van der Waals surface area contributed by atoms with E-state index in [0.29, 0.717) is 5.92 Å². The Morgan fingerprint density at radius 2 is 1.87 bits per heavy atom. The zero-order valence-corrected chi connectivity index (χ0v) is 8.30. The Balaban J connectivity index is 1.99. The molecule has 1 aliphatic heterocycles. The first-order valence-corrected chi connectivity index (χ1v) is 5.13. The van der Waals surface area contributed by atoms with Crippen molar-refractivity contribution in [1.29, 1.82) is 0 Å². The normalized spacial score (nSPS) is 22.3. The van der Waals surface area contributed by atoms with Gasteiger partial charge >= 0.3 is 0 Å². The molecule has 0 fully saturated rings. The van der Waals surface area contributed by atoms with Crippen LogP contribution in [-0.2, 0) is 0 Å². The highest BCUT2D eigenvalue weighted by atomic mass is 14.8. The number of aliphatic imine (C=N–C) groups is 1. The van der Waals surface area contributed by atoms with E-state index >= 15 is 0 Å². The van der Waals surface area contributed by atoms with Gasteiger partial charge in [-0.1, -0.05) is 54.6 Å². The molecule has 72 valence electrons. The third-order valence-corrected chi connectivity index (χ3v) is 2.78. The molecular formula is C14H11N. The smallest absolute Gasteiger partial charge is 0.0589 e. The Morgan fingerprint density at radius 1 is 1.00 bits per heavy atom. The Labute approximate surface area is 89.2 Å². The molecular weight excluding hydrogens is 182 g/mol. The summed E-state index contributed by atoms with van der Waals surface area (Å²) < 4.78 is 0. The first-order valence-electron chi connectivity index (χ1n) is 5.13. The highest BCUT2D eigenvalue weighted by molar-refractivity contribution is 6.07. The lowest BCUT2D eigenvalue weighted by Crippen LogP contribution is -2.12. The van der Waals surface area contributed by atoms with Crippen molar-refractivity contribution in [3.63, 3.8) is 0 Å². The van der Waals surface area contributed by atoms with Crippen LogP contribution in [0.15, 0.2) is 71.4 Å². The molecule has 15 heavy (non-hydrogen) atoms. The predicted molar refractivity (Wildman–Crippen MR) is 62.8 cm³/mol. The van der Waals surface area contributed by atoms with Gasteiger partial charge in [0, 0.05) is 12.1 Å². The maximum Gasteiger partial charge on any atom is 0.0589 e. The van der Waals surface area contributed by atoms with E-state index in [4.69, 9.17) is 0 Å². The van der Waals surface area contributed by atoms with Gasteiger partial charge < -0.3 is 0 Å². The van der Waals surface area contributed by atoms with Gasteiger partial charge in [-0.05, 0) is 11.1 Å². The molecule has 1 unspecified atom stereocenters. The van der Waals surface area contributed by atoms with Gasteiger partial charge in [0.2, 0.25) is 0 Å². The molecule has 0 N–H and O–H groups in total. The quantitative estimate of drug-likeness (QED) is 0.649. The molecule has 1 aliphatic carbocycles. The van der Waals surface area contributed by atoms with Crippen LogP contribution in [0.1, 0.15) is 5.56 Å². The van der Waals surface area contributed by atoms with Crippen LogP contribution >= 0.6 is 0 Å². The Morgan fingerprint density at radius 3 is 2.73 bits per heavy atom. The second-order valence-corrected chi connectivity index (χ2v) is 3.73. The van der Waals surface area contributed by atoms with Crippen molar-refractivity contribution in [3.05, 3.63) is 72.0 Å². The van der Waals surface area contributed by atoms with Crippen LogP contribution in [-0.4, -0.2) is 5.71 Å². The van der Waals surface area contributed by atoms with Crippen molar-refractivity contribution in [2.24, 2.45) is 10.9 Å². The van der Waals surface area contributed by atoms with Gasteiger partial charge in [-0.3, -0.25) is 4.99 Å². The minimum atomic E-state index is 0.359. The van der Waals surface area contributed by atoms with Crippen molar-refractivity contribution < 1.29 is 0 Å². The summed E-state index contributed by atoms with van der Waals surface area (Å²) in [6.45, 7) is 0. The third kappa shape index (κ3) is 1.37. The van der Waals surface area contributed by atoms with Crippen molar-refractivity contribution in [3.8, 4) is 0 Å². The van der Waals surface area contributed by atoms with Gasteiger partial charge in [0.1, 0.15) is 0 Å². The Bertz CT molecular complexity index is 489. The maximum atomic E-state index is 4.50. The van der Waals surface area contributed by atoms with Crippen molar-refractivity contribution >= 4 is 5.71 Å². The summed E-state index contributed by atoms with van der Waals surface area (Å²) in [4.78, 5) is 4.50. The summed E-state index contributed by atoms with van der Waals surface area (Å²) in [6, 6.07) is 10.4. The van der Waals surface area contributed by atoms with E-state index < -0.39 is 0 Å². The molecule has 2 aliphatic rings. The molecule has 0 bridgehead atoms. The monoisotopic (exact) mass is 193 g/mol. The van der Waals surface area contributed by atoms with Crippen LogP contribution in [0, 0.1) is 5.92 Å². The summed E-state index contributed by atoms with van der Waals surface area (Å²) in [5.74, 6) is 0.359. The lowest BCUT2D eigenvalue weighted by molar-refractivity contribution is 1.08. The summed E-state index contributed by atoms with van der Waals surface area (Å²) in [5, 5.41) is 0. The van der Waals surface area contributed by atoms with Crippen molar-refractivity contribution in [1.82, 2.24) is 0 Å². The zero-order chi connectivity index (χ0) is 10.1. The minimum absolute atomic E-state index is 0.359. The van der Waals surface area contributed by atoms with Gasteiger partial charge in [-0.25, -0.2) is 0 Å². The van der Waals surface area contributed by atoms with E-state index in [9.17, 15) is 0 Å². The molecule has 3 rings (SSSR count). The van der Waals surface area contributed by atoms with Crippen LogP contribution in [0.25, 0.3) is 0 Å². The number of fused-ring (bicyclic) bond motifs is 1. The SMILES string of the molecule is C1=CC2=CN=C(c3ccccc3)C2C=C1. The molecule has 0 spiro atoms. The number of nitrogens with zero attached hydrogens (tertiary/aromatic N) is 1. The first kappa shape index (κ1) is 8.42. The lowest BCUT2D eigenvalue weighted by Gasteiger charge is -2.13. The molecule has 1 heteroatoms. The summed E-state index contributed by atoms with van der Waals surface area (Å²) in [6.07, 6.45) is 10.4. The van der Waals surface area contributed by atoms with Crippen LogP contribution in [0.2, 0.25) is 0 Å². The topological polar surface area (TPSA) is 12.4 Å². The van der Waals surface area contributed by atoms with E-state index in [1.54, 1.807) is 0 Å². The molecule has 1 atom stereocenters. The van der Waals surface area contributed by atoms with Crippen molar-refractivity contribution in [2.75, 3.05) is 0 Å². The molecule has 1 aromatic carbocycles. The molecule has 0 saturated heterocycles. The van der Waals surface area contributed by atoms with Crippen LogP contribution in [0.4, 0.5) is 0 Å². The van der Waals surface area contributed by atoms with E-state index in [1.807, 2.05) is 12.3 Å². The first-order chi connectivity index (χ1) is 7.45. The predicted octanol–water partition coefficient (Wildman–Crippen LogP) is 3.12. The molecule has 0 amide bonds. The number of benzene rings is 1. The second-order valence-electron chi connectivity index (χ2n) is 3.73. The second kappa shape index (κ2) is 3.35. The number of rotatable bonds is 1. The minimum Gasteiger partial charge on any atom is -0.259 e. The van der Waals surface area contributed by atoms with Gasteiger partial charge in [0.05, 0.1) is 5.71 Å². The molecule has 1 aromatic rings. The average molecular weight is 193 g/mol. The largest absolute Gasteiger partial charge is 0.259 e. The van der Waals surface area contributed by atoms with Gasteiger partial charge in [-0.15, -0.1) is 0 Å². The Kier molecular flexibility index (Phi) is 1.88. The van der Waals surface area contributed by atoms with Gasteiger partial charge in [0.15, 0.2) is 0 Å². The fourth-order valence-corrected chi connectivity index (χ4v) is 2.02. The highest BCUT2D eigenvalue weighted by Crippen LogP contribution is 2.28. The molecule has 0 aromatic heterocycles. The van der Waals surface area contributed by atoms with Crippen molar-refractivity contribution in [2.45, 2.75) is 0 Å². The van der Waals surface area contributed by atoms with E-state index in [0.717, 1.165) is 5.71 Å². The van der Waals surface area contributed by atoms with E-state index in [-0.39, 0.29) is 0 Å².